The zero-order valence-corrected chi connectivity index (χ0v) is 9.46. The van der Waals surface area contributed by atoms with Crippen LogP contribution in [0.4, 0.5) is 0 Å². The number of aryl methyl sites for hydroxylation is 1. The van der Waals surface area contributed by atoms with Gasteiger partial charge in [-0.3, -0.25) is 0 Å². The van der Waals surface area contributed by atoms with Gasteiger partial charge in [0.2, 0.25) is 0 Å². The van der Waals surface area contributed by atoms with Crippen molar-refractivity contribution >= 4 is 5.57 Å². The fourth-order valence-corrected chi connectivity index (χ4v) is 1.57. The highest BCUT2D eigenvalue weighted by Gasteiger charge is 2.01. The Bertz CT molecular complexity index is 363. The monoisotopic (exact) mass is 186 g/mol. The van der Waals surface area contributed by atoms with Crippen molar-refractivity contribution in [3.8, 4) is 0 Å². The summed E-state index contributed by atoms with van der Waals surface area (Å²) in [5.41, 5.74) is 5.37. The molecule has 0 nitrogen and oxygen atoms in total. The lowest BCUT2D eigenvalue weighted by atomic mass is 9.97. The molecule has 0 aliphatic heterocycles. The van der Waals surface area contributed by atoms with E-state index in [1.165, 1.54) is 22.3 Å². The third-order valence-corrected chi connectivity index (χ3v) is 2.31. The van der Waals surface area contributed by atoms with E-state index in [-0.39, 0.29) is 0 Å². The maximum Gasteiger partial charge on any atom is -0.0156 e. The van der Waals surface area contributed by atoms with Crippen LogP contribution < -0.4 is 0 Å². The molecule has 0 bridgehead atoms. The maximum atomic E-state index is 2.18. The summed E-state index contributed by atoms with van der Waals surface area (Å²) in [6.45, 7) is 8.52. The molecule has 0 fully saturated rings. The molecule has 14 heavy (non-hydrogen) atoms. The third-order valence-electron chi connectivity index (χ3n) is 2.31. The molecule has 1 aromatic rings. The van der Waals surface area contributed by atoms with Crippen LogP contribution in [0.5, 0.6) is 0 Å². The second-order valence-electron chi connectivity index (χ2n) is 3.73. The molecule has 0 saturated heterocycles. The molecular formula is C14H18. The summed E-state index contributed by atoms with van der Waals surface area (Å²) in [6.07, 6.45) is 4.27. The minimum Gasteiger partial charge on any atom is -0.0870 e. The van der Waals surface area contributed by atoms with Crippen molar-refractivity contribution in [2.75, 3.05) is 0 Å². The van der Waals surface area contributed by atoms with Gasteiger partial charge in [-0.05, 0) is 44.4 Å². The molecule has 1 aromatic carbocycles. The predicted octanol–water partition coefficient (Wildman–Crippen LogP) is 4.36. The molecular weight excluding hydrogens is 168 g/mol. The number of rotatable bonds is 2. The van der Waals surface area contributed by atoms with E-state index in [1.54, 1.807) is 0 Å². The molecule has 0 heterocycles. The van der Waals surface area contributed by atoms with Gasteiger partial charge in [0.25, 0.3) is 0 Å². The van der Waals surface area contributed by atoms with Crippen LogP contribution in [0.15, 0.2) is 42.0 Å². The molecule has 0 aromatic heterocycles. The molecule has 0 aliphatic carbocycles. The first-order chi connectivity index (χ1) is 6.66. The lowest BCUT2D eigenvalue weighted by Gasteiger charge is -2.08. The highest BCUT2D eigenvalue weighted by molar-refractivity contribution is 5.77. The van der Waals surface area contributed by atoms with Crippen LogP contribution in [0, 0.1) is 6.92 Å². The van der Waals surface area contributed by atoms with E-state index in [0.29, 0.717) is 0 Å². The zero-order valence-electron chi connectivity index (χ0n) is 9.46. The van der Waals surface area contributed by atoms with Crippen LogP contribution in [0.1, 0.15) is 31.9 Å². The van der Waals surface area contributed by atoms with Crippen LogP contribution >= 0.6 is 0 Å². The summed E-state index contributed by atoms with van der Waals surface area (Å²) in [6, 6.07) is 8.51. The smallest absolute Gasteiger partial charge is 0.0156 e. The molecule has 0 aliphatic rings. The van der Waals surface area contributed by atoms with Gasteiger partial charge in [0, 0.05) is 0 Å². The van der Waals surface area contributed by atoms with Crippen molar-refractivity contribution in [1.82, 2.24) is 0 Å². The summed E-state index contributed by atoms with van der Waals surface area (Å²) in [7, 11) is 0. The molecule has 0 amide bonds. The standard InChI is InChI=1S/C14H18/c1-5-8-13(11(2)3)14-10-7-6-9-12(14)4/h5-10H,1-4H3/b8-5-. The van der Waals surface area contributed by atoms with Crippen molar-refractivity contribution in [3.63, 3.8) is 0 Å². The average Bonchev–Trinajstić information content (AvgIpc) is 2.15. The molecule has 0 spiro atoms. The van der Waals surface area contributed by atoms with Gasteiger partial charge in [-0.25, -0.2) is 0 Å². The van der Waals surface area contributed by atoms with Crippen LogP contribution in [0.2, 0.25) is 0 Å². The molecule has 0 N–H and O–H groups in total. The van der Waals surface area contributed by atoms with Gasteiger partial charge >= 0.3 is 0 Å². The molecule has 74 valence electrons. The summed E-state index contributed by atoms with van der Waals surface area (Å²) in [5, 5.41) is 0. The van der Waals surface area contributed by atoms with E-state index in [4.69, 9.17) is 0 Å². The second-order valence-corrected chi connectivity index (χ2v) is 3.73. The van der Waals surface area contributed by atoms with Crippen molar-refractivity contribution in [2.24, 2.45) is 0 Å². The minimum atomic E-state index is 1.34. The van der Waals surface area contributed by atoms with Crippen molar-refractivity contribution in [2.45, 2.75) is 27.7 Å². The van der Waals surface area contributed by atoms with Gasteiger partial charge in [0.05, 0.1) is 0 Å². The highest BCUT2D eigenvalue weighted by Crippen LogP contribution is 2.23. The topological polar surface area (TPSA) is 0 Å². The Morgan fingerprint density at radius 3 is 2.29 bits per heavy atom. The van der Waals surface area contributed by atoms with Gasteiger partial charge in [-0.15, -0.1) is 0 Å². The molecule has 0 atom stereocenters. The first kappa shape index (κ1) is 10.8. The molecule has 1 rings (SSSR count). The lowest BCUT2D eigenvalue weighted by molar-refractivity contribution is 1.36. The number of allylic oxidation sites excluding steroid dienone is 4. The van der Waals surface area contributed by atoms with Crippen LogP contribution in [-0.2, 0) is 0 Å². The van der Waals surface area contributed by atoms with Crippen LogP contribution in [-0.4, -0.2) is 0 Å². The first-order valence-electron chi connectivity index (χ1n) is 5.03. The van der Waals surface area contributed by atoms with E-state index in [9.17, 15) is 0 Å². The van der Waals surface area contributed by atoms with Crippen molar-refractivity contribution in [3.05, 3.63) is 53.1 Å². The Morgan fingerprint density at radius 1 is 1.14 bits per heavy atom. The van der Waals surface area contributed by atoms with Gasteiger partial charge in [0.1, 0.15) is 0 Å². The predicted molar refractivity (Wildman–Crippen MR) is 64.3 cm³/mol. The number of hydrogen-bond acceptors (Lipinski definition) is 0. The van der Waals surface area contributed by atoms with Crippen molar-refractivity contribution in [1.29, 1.82) is 0 Å². The van der Waals surface area contributed by atoms with Gasteiger partial charge in [-0.1, -0.05) is 42.0 Å². The molecule has 0 radical (unpaired) electrons. The van der Waals surface area contributed by atoms with E-state index in [0.717, 1.165) is 0 Å². The van der Waals surface area contributed by atoms with E-state index < -0.39 is 0 Å². The summed E-state index contributed by atoms with van der Waals surface area (Å²) in [4.78, 5) is 0. The maximum absolute atomic E-state index is 2.18. The molecule has 0 heteroatoms. The third kappa shape index (κ3) is 2.35. The summed E-state index contributed by atoms with van der Waals surface area (Å²) in [5.74, 6) is 0. The van der Waals surface area contributed by atoms with E-state index >= 15 is 0 Å². The van der Waals surface area contributed by atoms with Gasteiger partial charge in [0.15, 0.2) is 0 Å². The first-order valence-corrected chi connectivity index (χ1v) is 5.03. The summed E-state index contributed by atoms with van der Waals surface area (Å²) >= 11 is 0. The Hall–Kier alpha value is -1.30. The normalized spacial score (nSPS) is 10.6. The fraction of sp³-hybridized carbons (Fsp3) is 0.286. The van der Waals surface area contributed by atoms with E-state index in [2.05, 4.69) is 64.1 Å². The quantitative estimate of drug-likeness (QED) is 0.602. The Kier molecular flexibility index (Phi) is 3.70. The highest BCUT2D eigenvalue weighted by atomic mass is 14.1. The average molecular weight is 186 g/mol. The Balaban J connectivity index is 3.27. The summed E-state index contributed by atoms with van der Waals surface area (Å²) < 4.78 is 0. The SMILES string of the molecule is C/C=C\C(=C(C)C)c1ccccc1C. The second kappa shape index (κ2) is 4.80. The van der Waals surface area contributed by atoms with Crippen LogP contribution in [0.25, 0.3) is 5.57 Å². The minimum absolute atomic E-state index is 1.34. The van der Waals surface area contributed by atoms with Gasteiger partial charge < -0.3 is 0 Å². The fourth-order valence-electron chi connectivity index (χ4n) is 1.57. The Labute approximate surface area is 87.0 Å². The molecule has 0 saturated carbocycles. The van der Waals surface area contributed by atoms with E-state index in [1.807, 2.05) is 0 Å². The van der Waals surface area contributed by atoms with Crippen LogP contribution in [0.3, 0.4) is 0 Å². The number of hydrogen-bond donors (Lipinski definition) is 0. The number of benzene rings is 1. The van der Waals surface area contributed by atoms with Gasteiger partial charge in [-0.2, -0.15) is 0 Å². The largest absolute Gasteiger partial charge is 0.0870 e. The van der Waals surface area contributed by atoms with Crippen molar-refractivity contribution < 1.29 is 0 Å². The Morgan fingerprint density at radius 2 is 1.79 bits per heavy atom. The molecule has 0 unspecified atom stereocenters. The lowest BCUT2D eigenvalue weighted by Crippen LogP contribution is -1.87. The zero-order chi connectivity index (χ0) is 10.6.